The molecule has 0 radical (unpaired) electrons. The zero-order valence-corrected chi connectivity index (χ0v) is 17.2. The Hall–Kier alpha value is -2.45. The lowest BCUT2D eigenvalue weighted by atomic mass is 9.81. The second-order valence-electron chi connectivity index (χ2n) is 9.43. The van der Waals surface area contributed by atoms with Gasteiger partial charge >= 0.3 is 6.18 Å². The molecule has 0 saturated heterocycles. The second-order valence-corrected chi connectivity index (χ2v) is 9.43. The highest BCUT2D eigenvalue weighted by Gasteiger charge is 2.48. The first kappa shape index (κ1) is 21.3. The van der Waals surface area contributed by atoms with Crippen molar-refractivity contribution in [3.63, 3.8) is 0 Å². The monoisotopic (exact) mass is 412 g/mol. The molecule has 2 atom stereocenters. The number of carbonyl (C=O) groups is 1. The highest BCUT2D eigenvalue weighted by Crippen LogP contribution is 2.44. The van der Waals surface area contributed by atoms with Crippen molar-refractivity contribution in [1.29, 1.82) is 0 Å². The van der Waals surface area contributed by atoms with Gasteiger partial charge in [0.1, 0.15) is 17.1 Å². The van der Waals surface area contributed by atoms with Crippen LogP contribution in [0, 0.1) is 5.41 Å². The van der Waals surface area contributed by atoms with Crippen molar-refractivity contribution in [3.05, 3.63) is 35.9 Å². The van der Waals surface area contributed by atoms with E-state index < -0.39 is 29.7 Å². The van der Waals surface area contributed by atoms with E-state index in [0.717, 1.165) is 4.68 Å². The molecule has 1 amide bonds. The number of aromatic nitrogens is 2. The molecule has 2 N–H and O–H groups in total. The van der Waals surface area contributed by atoms with Crippen molar-refractivity contribution >= 4 is 11.7 Å². The number of rotatable bonds is 4. The van der Waals surface area contributed by atoms with Gasteiger partial charge in [0.2, 0.25) is 0 Å². The number of furan rings is 1. The van der Waals surface area contributed by atoms with Gasteiger partial charge in [-0.25, -0.2) is 4.68 Å². The van der Waals surface area contributed by atoms with E-state index in [2.05, 4.69) is 36.5 Å². The summed E-state index contributed by atoms with van der Waals surface area (Å²) in [6.07, 6.45) is -1.49. The summed E-state index contributed by atoms with van der Waals surface area (Å²) in [5.74, 6) is -0.0378. The zero-order chi connectivity index (χ0) is 21.6. The SMILES string of the molecule is CC(C)(C)CC(C)(C)NC(=O)c1cnn2c1N[C@H](c1ccco1)C[C@H]2C(F)(F)F. The number of hydrogen-bond acceptors (Lipinski definition) is 4. The van der Waals surface area contributed by atoms with Crippen LogP contribution in [0.4, 0.5) is 19.0 Å². The van der Waals surface area contributed by atoms with E-state index in [1.807, 2.05) is 13.8 Å². The lowest BCUT2D eigenvalue weighted by Gasteiger charge is -2.34. The van der Waals surface area contributed by atoms with Gasteiger partial charge in [0.15, 0.2) is 6.04 Å². The first-order chi connectivity index (χ1) is 13.3. The van der Waals surface area contributed by atoms with Gasteiger partial charge in [0, 0.05) is 12.0 Å². The third-order valence-corrected chi connectivity index (χ3v) is 4.79. The van der Waals surface area contributed by atoms with Crippen molar-refractivity contribution in [2.75, 3.05) is 5.32 Å². The van der Waals surface area contributed by atoms with E-state index in [0.29, 0.717) is 12.2 Å². The number of nitrogens with zero attached hydrogens (tertiary/aromatic N) is 2. The molecule has 0 unspecified atom stereocenters. The minimum Gasteiger partial charge on any atom is -0.467 e. The molecule has 9 heteroatoms. The lowest BCUT2D eigenvalue weighted by molar-refractivity contribution is -0.174. The summed E-state index contributed by atoms with van der Waals surface area (Å²) >= 11 is 0. The van der Waals surface area contributed by atoms with Crippen molar-refractivity contribution in [1.82, 2.24) is 15.1 Å². The molecule has 1 aliphatic rings. The van der Waals surface area contributed by atoms with Crippen LogP contribution in [-0.2, 0) is 0 Å². The van der Waals surface area contributed by atoms with Crippen LogP contribution in [-0.4, -0.2) is 27.4 Å². The summed E-state index contributed by atoms with van der Waals surface area (Å²) < 4.78 is 47.2. The van der Waals surface area contributed by atoms with Crippen LogP contribution in [0.2, 0.25) is 0 Å². The Kier molecular flexibility index (Phi) is 5.21. The third kappa shape index (κ3) is 4.76. The molecule has 0 fully saturated rings. The molecule has 160 valence electrons. The maximum absolute atomic E-state index is 13.7. The fourth-order valence-corrected chi connectivity index (χ4v) is 4.15. The molecule has 2 aromatic rings. The van der Waals surface area contributed by atoms with Gasteiger partial charge in [-0.3, -0.25) is 4.79 Å². The van der Waals surface area contributed by atoms with Gasteiger partial charge in [-0.15, -0.1) is 0 Å². The smallest absolute Gasteiger partial charge is 0.410 e. The Labute approximate surface area is 167 Å². The van der Waals surface area contributed by atoms with E-state index in [9.17, 15) is 18.0 Å². The summed E-state index contributed by atoms with van der Waals surface area (Å²) in [5, 5.41) is 9.83. The Balaban J connectivity index is 1.92. The highest BCUT2D eigenvalue weighted by molar-refractivity contribution is 5.99. The van der Waals surface area contributed by atoms with Gasteiger partial charge in [-0.05, 0) is 37.8 Å². The largest absolute Gasteiger partial charge is 0.467 e. The number of nitrogens with one attached hydrogen (secondary N) is 2. The Morgan fingerprint density at radius 2 is 2.00 bits per heavy atom. The number of carbonyl (C=O) groups excluding carboxylic acids is 1. The molecule has 3 rings (SSSR count). The summed E-state index contributed by atoms with van der Waals surface area (Å²) in [6, 6.07) is 0.672. The molecule has 0 aromatic carbocycles. The predicted octanol–water partition coefficient (Wildman–Crippen LogP) is 5.08. The average Bonchev–Trinajstić information content (AvgIpc) is 3.19. The molecule has 2 aromatic heterocycles. The van der Waals surface area contributed by atoms with Gasteiger partial charge < -0.3 is 15.1 Å². The standard InChI is InChI=1S/C20H27F3N4O2/c1-18(2,3)11-19(4,5)26-17(28)12-10-24-27-15(20(21,22)23)9-13(25-16(12)27)14-7-6-8-29-14/h6-8,10,13,15,25H,9,11H2,1-5H3,(H,26,28)/t13-,15-/m0/s1. The number of alkyl halides is 3. The number of hydrogen-bond donors (Lipinski definition) is 2. The summed E-state index contributed by atoms with van der Waals surface area (Å²) in [4.78, 5) is 12.9. The maximum atomic E-state index is 13.7. The molecule has 0 aliphatic carbocycles. The predicted molar refractivity (Wildman–Crippen MR) is 103 cm³/mol. The van der Waals surface area contributed by atoms with Gasteiger partial charge in [-0.1, -0.05) is 20.8 Å². The van der Waals surface area contributed by atoms with Crippen LogP contribution in [0.3, 0.4) is 0 Å². The first-order valence-electron chi connectivity index (χ1n) is 9.53. The van der Waals surface area contributed by atoms with E-state index in [1.54, 1.807) is 12.1 Å². The minimum absolute atomic E-state index is 0.0285. The van der Waals surface area contributed by atoms with E-state index >= 15 is 0 Å². The van der Waals surface area contributed by atoms with E-state index in [4.69, 9.17) is 4.42 Å². The molecule has 29 heavy (non-hydrogen) atoms. The van der Waals surface area contributed by atoms with Gasteiger partial charge in [0.25, 0.3) is 5.91 Å². The Bertz CT molecular complexity index is 863. The fraction of sp³-hybridized carbons (Fsp3) is 0.600. The fourth-order valence-electron chi connectivity index (χ4n) is 4.15. The summed E-state index contributed by atoms with van der Waals surface area (Å²) in [6.45, 7) is 9.97. The minimum atomic E-state index is -4.51. The van der Waals surface area contributed by atoms with Crippen molar-refractivity contribution in [3.8, 4) is 0 Å². The van der Waals surface area contributed by atoms with E-state index in [-0.39, 0.29) is 23.2 Å². The normalized spacial score (nSPS) is 20.1. The molecular formula is C20H27F3N4O2. The van der Waals surface area contributed by atoms with Crippen LogP contribution < -0.4 is 10.6 Å². The number of halogens is 3. The molecule has 0 saturated carbocycles. The molecule has 0 bridgehead atoms. The number of amides is 1. The summed E-state index contributed by atoms with van der Waals surface area (Å²) in [7, 11) is 0. The van der Waals surface area contributed by atoms with Crippen LogP contribution in [0.25, 0.3) is 0 Å². The average molecular weight is 412 g/mol. The first-order valence-corrected chi connectivity index (χ1v) is 9.53. The molecule has 1 aliphatic heterocycles. The van der Waals surface area contributed by atoms with Crippen LogP contribution in [0.5, 0.6) is 0 Å². The third-order valence-electron chi connectivity index (χ3n) is 4.79. The summed E-state index contributed by atoms with van der Waals surface area (Å²) in [5.41, 5.74) is -0.487. The Morgan fingerprint density at radius 3 is 2.55 bits per heavy atom. The zero-order valence-electron chi connectivity index (χ0n) is 17.2. The van der Waals surface area contributed by atoms with Crippen LogP contribution in [0.1, 0.15) is 75.7 Å². The van der Waals surface area contributed by atoms with Crippen molar-refractivity contribution in [2.45, 2.75) is 71.3 Å². The molecule has 0 spiro atoms. The van der Waals surface area contributed by atoms with E-state index in [1.165, 1.54) is 12.5 Å². The highest BCUT2D eigenvalue weighted by atomic mass is 19.4. The van der Waals surface area contributed by atoms with Gasteiger partial charge in [-0.2, -0.15) is 18.3 Å². The van der Waals surface area contributed by atoms with Crippen molar-refractivity contribution < 1.29 is 22.4 Å². The van der Waals surface area contributed by atoms with Gasteiger partial charge in [0.05, 0.1) is 18.5 Å². The number of fused-ring (bicyclic) bond motifs is 1. The lowest BCUT2D eigenvalue weighted by Crippen LogP contribution is -2.46. The van der Waals surface area contributed by atoms with Crippen molar-refractivity contribution in [2.24, 2.45) is 5.41 Å². The van der Waals surface area contributed by atoms with Crippen LogP contribution in [0.15, 0.2) is 29.0 Å². The molecule has 6 nitrogen and oxygen atoms in total. The maximum Gasteiger partial charge on any atom is 0.410 e. The number of anilines is 1. The second kappa shape index (κ2) is 7.11. The topological polar surface area (TPSA) is 72.1 Å². The molecular weight excluding hydrogens is 385 g/mol. The quantitative estimate of drug-likeness (QED) is 0.735. The van der Waals surface area contributed by atoms with Crippen LogP contribution >= 0.6 is 0 Å². The Morgan fingerprint density at radius 1 is 1.31 bits per heavy atom. The molecule has 3 heterocycles.